The van der Waals surface area contributed by atoms with Crippen LogP contribution in [0.4, 0.5) is 0 Å². The Kier molecular flexibility index (Phi) is 7.58. The third kappa shape index (κ3) is 5.23. The first kappa shape index (κ1) is 28.4. The van der Waals surface area contributed by atoms with Crippen LogP contribution in [-0.4, -0.2) is 104 Å². The minimum atomic E-state index is -3.83. The van der Waals surface area contributed by atoms with Gasteiger partial charge in [0.05, 0.1) is 39.6 Å². The van der Waals surface area contributed by atoms with Crippen molar-refractivity contribution in [3.63, 3.8) is 0 Å². The van der Waals surface area contributed by atoms with E-state index in [1.54, 1.807) is 12.1 Å². The van der Waals surface area contributed by atoms with E-state index < -0.39 is 54.5 Å². The van der Waals surface area contributed by atoms with Crippen molar-refractivity contribution in [3.05, 3.63) is 29.3 Å². The summed E-state index contributed by atoms with van der Waals surface area (Å²) in [5.74, 6) is -1.01. The predicted molar refractivity (Wildman–Crippen MR) is 143 cm³/mol. The van der Waals surface area contributed by atoms with Crippen LogP contribution in [0.3, 0.4) is 0 Å². The summed E-state index contributed by atoms with van der Waals surface area (Å²) in [6.07, 6.45) is 3.63. The Morgan fingerprint density at radius 3 is 2.28 bits per heavy atom. The fraction of sp³-hybridized carbons (Fsp3) is 0.640. The van der Waals surface area contributed by atoms with Crippen LogP contribution >= 0.6 is 11.6 Å². The van der Waals surface area contributed by atoms with E-state index in [0.29, 0.717) is 51.7 Å². The van der Waals surface area contributed by atoms with Crippen molar-refractivity contribution in [1.82, 2.24) is 19.4 Å². The lowest BCUT2D eigenvalue weighted by Gasteiger charge is -2.49. The smallest absolute Gasteiger partial charge is 0.247 e. The number of nitrogens with zero attached hydrogens (tertiary/aromatic N) is 4. The normalized spacial score (nSPS) is 27.9. The van der Waals surface area contributed by atoms with Gasteiger partial charge in [0, 0.05) is 32.2 Å². The first-order valence-electron chi connectivity index (χ1n) is 13.1. The molecule has 39 heavy (non-hydrogen) atoms. The van der Waals surface area contributed by atoms with Crippen LogP contribution in [0, 0.1) is 11.3 Å². The fourth-order valence-corrected chi connectivity index (χ4v) is 9.00. The van der Waals surface area contributed by atoms with Crippen molar-refractivity contribution in [2.75, 3.05) is 32.4 Å². The van der Waals surface area contributed by atoms with Crippen molar-refractivity contribution in [2.24, 2.45) is 0 Å². The monoisotopic (exact) mass is 597 g/mol. The van der Waals surface area contributed by atoms with E-state index in [-0.39, 0.29) is 28.9 Å². The molecule has 1 unspecified atom stereocenters. The number of sulfone groups is 1. The molecular weight excluding hydrogens is 566 g/mol. The molecule has 1 aromatic carbocycles. The average Bonchev–Trinajstić information content (AvgIpc) is 3.47. The van der Waals surface area contributed by atoms with Crippen molar-refractivity contribution in [2.45, 2.75) is 72.3 Å². The third-order valence-electron chi connectivity index (χ3n) is 8.48. The van der Waals surface area contributed by atoms with E-state index in [9.17, 15) is 31.7 Å². The zero-order chi connectivity index (χ0) is 28.2. The molecule has 14 heteroatoms. The summed E-state index contributed by atoms with van der Waals surface area (Å²) in [6, 6.07) is 6.83. The number of likely N-dealkylation sites (tertiary alicyclic amines) is 1. The van der Waals surface area contributed by atoms with Crippen molar-refractivity contribution in [1.29, 1.82) is 5.26 Å². The zero-order valence-corrected chi connectivity index (χ0v) is 24.0. The van der Waals surface area contributed by atoms with Crippen molar-refractivity contribution >= 4 is 43.3 Å². The van der Waals surface area contributed by atoms with Crippen LogP contribution in [0.5, 0.6) is 0 Å². The third-order valence-corrected chi connectivity index (χ3v) is 12.4. The number of amides is 2. The van der Waals surface area contributed by atoms with Gasteiger partial charge in [0.2, 0.25) is 21.8 Å². The Balaban J connectivity index is 1.30. The number of carbonyl (C=O) groups is 2. The molecule has 0 aromatic heterocycles. The van der Waals surface area contributed by atoms with Gasteiger partial charge in [0.1, 0.15) is 5.54 Å². The number of benzene rings is 1. The lowest BCUT2D eigenvalue weighted by Crippen LogP contribution is -2.65. The molecule has 1 aliphatic carbocycles. The summed E-state index contributed by atoms with van der Waals surface area (Å²) >= 11 is 6.14. The Morgan fingerprint density at radius 1 is 1.08 bits per heavy atom. The lowest BCUT2D eigenvalue weighted by molar-refractivity contribution is -0.156. The SMILES string of the molecule is CS(=O)(=O)N1CCC(N2CCC2C(=O)N(C(=O)[C@@H]2C[C@@H](S(=O)(=O)c3ccccc3Cl)CN2)C2(C#N)CC2)CC1. The molecule has 1 aromatic rings. The maximum atomic E-state index is 13.8. The number of hydrogen-bond acceptors (Lipinski definition) is 9. The van der Waals surface area contributed by atoms with Gasteiger partial charge in [-0.05, 0) is 50.7 Å². The van der Waals surface area contributed by atoms with Crippen LogP contribution in [0.1, 0.15) is 38.5 Å². The van der Waals surface area contributed by atoms with Gasteiger partial charge < -0.3 is 5.32 Å². The molecule has 1 N–H and O–H groups in total. The molecule has 212 valence electrons. The lowest BCUT2D eigenvalue weighted by atomic mass is 9.93. The van der Waals surface area contributed by atoms with Gasteiger partial charge >= 0.3 is 0 Å². The molecule has 11 nitrogen and oxygen atoms in total. The molecule has 3 heterocycles. The molecule has 1 saturated carbocycles. The van der Waals surface area contributed by atoms with Crippen molar-refractivity contribution in [3.8, 4) is 6.07 Å². The first-order chi connectivity index (χ1) is 18.4. The molecule has 4 aliphatic rings. The number of halogens is 1. The molecule has 2 amide bonds. The van der Waals surface area contributed by atoms with Gasteiger partial charge in [-0.2, -0.15) is 5.26 Å². The first-order valence-corrected chi connectivity index (χ1v) is 16.9. The summed E-state index contributed by atoms with van der Waals surface area (Å²) in [5.41, 5.74) is -1.21. The van der Waals surface area contributed by atoms with Crippen LogP contribution in [0.2, 0.25) is 5.02 Å². The number of imide groups is 1. The van der Waals surface area contributed by atoms with E-state index in [2.05, 4.69) is 11.4 Å². The van der Waals surface area contributed by atoms with Crippen LogP contribution in [0.25, 0.3) is 0 Å². The maximum absolute atomic E-state index is 13.8. The second-order valence-corrected chi connectivity index (χ2v) is 15.5. The second-order valence-electron chi connectivity index (χ2n) is 10.9. The van der Waals surface area contributed by atoms with E-state index in [4.69, 9.17) is 11.6 Å². The summed E-state index contributed by atoms with van der Waals surface area (Å²) in [7, 11) is -7.10. The van der Waals surface area contributed by atoms with E-state index in [1.807, 2.05) is 4.90 Å². The number of piperidine rings is 1. The van der Waals surface area contributed by atoms with Crippen LogP contribution in [0.15, 0.2) is 29.2 Å². The molecule has 3 aliphatic heterocycles. The second kappa shape index (κ2) is 10.4. The predicted octanol–water partition coefficient (Wildman–Crippen LogP) is 0.754. The quantitative estimate of drug-likeness (QED) is 0.450. The highest BCUT2D eigenvalue weighted by atomic mass is 35.5. The molecule has 0 radical (unpaired) electrons. The molecule has 4 fully saturated rings. The van der Waals surface area contributed by atoms with Crippen LogP contribution < -0.4 is 5.32 Å². The molecular formula is C25H32ClN5O6S2. The molecule has 0 spiro atoms. The average molecular weight is 598 g/mol. The molecule has 3 saturated heterocycles. The topological polar surface area (TPSA) is 148 Å². The van der Waals surface area contributed by atoms with E-state index >= 15 is 0 Å². The number of nitrogens with one attached hydrogen (secondary N) is 1. The zero-order valence-electron chi connectivity index (χ0n) is 21.6. The maximum Gasteiger partial charge on any atom is 0.247 e. The Bertz CT molecular complexity index is 1420. The Morgan fingerprint density at radius 2 is 1.74 bits per heavy atom. The van der Waals surface area contributed by atoms with Crippen LogP contribution in [-0.2, 0) is 29.4 Å². The fourth-order valence-electron chi connectivity index (χ4n) is 5.94. The largest absolute Gasteiger partial charge is 0.304 e. The van der Waals surface area contributed by atoms with Gasteiger partial charge in [0.15, 0.2) is 9.84 Å². The van der Waals surface area contributed by atoms with E-state index in [0.717, 1.165) is 4.90 Å². The Hall–Kier alpha value is -2.08. The number of carbonyl (C=O) groups excluding carboxylic acids is 2. The van der Waals surface area contributed by atoms with Gasteiger partial charge in [0.25, 0.3) is 0 Å². The summed E-state index contributed by atoms with van der Waals surface area (Å²) in [6.45, 7) is 1.43. The number of rotatable bonds is 7. The van der Waals surface area contributed by atoms with Gasteiger partial charge in [-0.25, -0.2) is 21.1 Å². The number of sulfonamides is 1. The van der Waals surface area contributed by atoms with Gasteiger partial charge in [-0.15, -0.1) is 0 Å². The Labute approximate surface area is 234 Å². The van der Waals surface area contributed by atoms with Crippen molar-refractivity contribution < 1.29 is 26.4 Å². The van der Waals surface area contributed by atoms with Gasteiger partial charge in [-0.3, -0.25) is 19.4 Å². The number of hydrogen-bond donors (Lipinski definition) is 1. The summed E-state index contributed by atoms with van der Waals surface area (Å²) in [4.78, 5) is 30.7. The molecule has 5 rings (SSSR count). The highest BCUT2D eigenvalue weighted by Crippen LogP contribution is 2.44. The molecule has 0 bridgehead atoms. The minimum absolute atomic E-state index is 0.00205. The standard InChI is InChI=1S/C25H32ClN5O6S2/c1-38(34,35)29-11-6-17(7-12-29)30-13-8-21(30)24(33)31(25(16-27)9-10-25)23(32)20-14-18(15-28-20)39(36,37)22-5-3-2-4-19(22)26/h2-5,17-18,20-21,28H,6-15H2,1H3/t18-,20+,21?/m1/s1. The number of nitriles is 1. The summed E-state index contributed by atoms with van der Waals surface area (Å²) in [5, 5.41) is 12.1. The minimum Gasteiger partial charge on any atom is -0.304 e. The molecule has 3 atom stereocenters. The highest BCUT2D eigenvalue weighted by molar-refractivity contribution is 7.92. The van der Waals surface area contributed by atoms with Gasteiger partial charge in [-0.1, -0.05) is 23.7 Å². The highest BCUT2D eigenvalue weighted by Gasteiger charge is 2.58. The van der Waals surface area contributed by atoms with E-state index in [1.165, 1.54) is 22.7 Å². The summed E-state index contributed by atoms with van der Waals surface area (Å²) < 4.78 is 51.7.